The second kappa shape index (κ2) is 5.84. The third-order valence-corrected chi connectivity index (χ3v) is 3.84. The molecule has 2 aromatic rings. The van der Waals surface area contributed by atoms with Crippen LogP contribution in [-0.4, -0.2) is 10.9 Å². The first kappa shape index (κ1) is 13.5. The molecule has 1 amide bonds. The Balaban J connectivity index is 2.19. The number of amides is 1. The molecule has 2 aromatic heterocycles. The molecule has 1 unspecified atom stereocenters. The van der Waals surface area contributed by atoms with E-state index in [9.17, 15) is 4.79 Å². The Morgan fingerprint density at radius 1 is 1.37 bits per heavy atom. The molecule has 0 saturated heterocycles. The van der Waals surface area contributed by atoms with E-state index in [1.54, 1.807) is 29.7 Å². The number of thiophene rings is 1. The number of pyridine rings is 1. The summed E-state index contributed by atoms with van der Waals surface area (Å²) in [6, 6.07) is 7.40. The van der Waals surface area contributed by atoms with Gasteiger partial charge in [0.2, 0.25) is 0 Å². The highest BCUT2D eigenvalue weighted by Crippen LogP contribution is 2.26. The number of nitrogen functional groups attached to an aromatic ring is 1. The van der Waals surface area contributed by atoms with Crippen molar-refractivity contribution in [3.8, 4) is 0 Å². The number of anilines is 1. The molecule has 0 bridgehead atoms. The molecule has 3 N–H and O–H groups in total. The Bertz CT molecular complexity index is 552. The van der Waals surface area contributed by atoms with Gasteiger partial charge in [-0.15, -0.1) is 11.3 Å². The number of hydrogen-bond donors (Lipinski definition) is 2. The maximum Gasteiger partial charge on any atom is 0.255 e. The first-order valence-electron chi connectivity index (χ1n) is 6.14. The Kier molecular flexibility index (Phi) is 4.16. The second-order valence-electron chi connectivity index (χ2n) is 4.65. The van der Waals surface area contributed by atoms with Gasteiger partial charge in [-0.25, -0.2) is 4.98 Å². The molecule has 5 heteroatoms. The van der Waals surface area contributed by atoms with Crippen LogP contribution in [-0.2, 0) is 0 Å². The molecule has 0 spiro atoms. The summed E-state index contributed by atoms with van der Waals surface area (Å²) in [4.78, 5) is 17.3. The lowest BCUT2D eigenvalue weighted by molar-refractivity contribution is 0.0927. The van der Waals surface area contributed by atoms with Crippen molar-refractivity contribution in [1.29, 1.82) is 0 Å². The summed E-state index contributed by atoms with van der Waals surface area (Å²) in [7, 11) is 0. The fourth-order valence-corrected chi connectivity index (χ4v) is 2.81. The van der Waals surface area contributed by atoms with Crippen molar-refractivity contribution in [2.45, 2.75) is 19.9 Å². The fourth-order valence-electron chi connectivity index (χ4n) is 1.86. The van der Waals surface area contributed by atoms with E-state index >= 15 is 0 Å². The number of hydrogen-bond acceptors (Lipinski definition) is 4. The number of carbonyl (C=O) groups excluding carboxylic acids is 1. The van der Waals surface area contributed by atoms with Gasteiger partial charge < -0.3 is 11.1 Å². The molecular formula is C14H17N3OS. The number of rotatable bonds is 4. The molecule has 2 rings (SSSR count). The van der Waals surface area contributed by atoms with Crippen LogP contribution in [0.15, 0.2) is 35.8 Å². The van der Waals surface area contributed by atoms with E-state index in [0.29, 0.717) is 11.5 Å². The number of nitrogens with one attached hydrogen (secondary N) is 1. The Morgan fingerprint density at radius 2 is 2.16 bits per heavy atom. The monoisotopic (exact) mass is 275 g/mol. The SMILES string of the molecule is CC(C)C(NC(=O)c1cccnc1N)c1cccs1. The predicted molar refractivity (Wildman–Crippen MR) is 78.0 cm³/mol. The van der Waals surface area contributed by atoms with Crippen molar-refractivity contribution in [3.05, 3.63) is 46.3 Å². The van der Waals surface area contributed by atoms with Crippen LogP contribution < -0.4 is 11.1 Å². The zero-order chi connectivity index (χ0) is 13.8. The van der Waals surface area contributed by atoms with Gasteiger partial charge in [-0.3, -0.25) is 4.79 Å². The molecule has 0 radical (unpaired) electrons. The van der Waals surface area contributed by atoms with Crippen LogP contribution in [0.1, 0.15) is 35.1 Å². The average Bonchev–Trinajstić information content (AvgIpc) is 2.89. The van der Waals surface area contributed by atoms with Gasteiger partial charge in [-0.05, 0) is 29.5 Å². The molecular weight excluding hydrogens is 258 g/mol. The molecule has 0 aromatic carbocycles. The highest BCUT2D eigenvalue weighted by molar-refractivity contribution is 7.10. The van der Waals surface area contributed by atoms with Crippen LogP contribution in [0.4, 0.5) is 5.82 Å². The maximum absolute atomic E-state index is 12.2. The third-order valence-electron chi connectivity index (χ3n) is 2.89. The summed E-state index contributed by atoms with van der Waals surface area (Å²) in [5, 5.41) is 5.04. The van der Waals surface area contributed by atoms with E-state index < -0.39 is 0 Å². The van der Waals surface area contributed by atoms with Crippen molar-refractivity contribution in [2.75, 3.05) is 5.73 Å². The van der Waals surface area contributed by atoms with E-state index in [4.69, 9.17) is 5.73 Å². The normalized spacial score (nSPS) is 12.4. The van der Waals surface area contributed by atoms with Crippen LogP contribution in [0.3, 0.4) is 0 Å². The van der Waals surface area contributed by atoms with Crippen LogP contribution in [0.2, 0.25) is 0 Å². The lowest BCUT2D eigenvalue weighted by Crippen LogP contribution is -2.31. The van der Waals surface area contributed by atoms with Gasteiger partial charge in [0.15, 0.2) is 0 Å². The van der Waals surface area contributed by atoms with Crippen molar-refractivity contribution in [1.82, 2.24) is 10.3 Å². The molecule has 0 saturated carbocycles. The summed E-state index contributed by atoms with van der Waals surface area (Å²) in [5.74, 6) is 0.381. The summed E-state index contributed by atoms with van der Waals surface area (Å²) in [5.41, 5.74) is 6.14. The van der Waals surface area contributed by atoms with E-state index in [2.05, 4.69) is 24.1 Å². The predicted octanol–water partition coefficient (Wildman–Crippen LogP) is 2.85. The highest BCUT2D eigenvalue weighted by Gasteiger charge is 2.21. The summed E-state index contributed by atoms with van der Waals surface area (Å²) < 4.78 is 0. The van der Waals surface area contributed by atoms with Crippen molar-refractivity contribution in [3.63, 3.8) is 0 Å². The molecule has 0 aliphatic heterocycles. The topological polar surface area (TPSA) is 68.0 Å². The zero-order valence-corrected chi connectivity index (χ0v) is 11.8. The summed E-state index contributed by atoms with van der Waals surface area (Å²) >= 11 is 1.64. The highest BCUT2D eigenvalue weighted by atomic mass is 32.1. The van der Waals surface area contributed by atoms with Gasteiger partial charge in [0.25, 0.3) is 5.91 Å². The fraction of sp³-hybridized carbons (Fsp3) is 0.286. The van der Waals surface area contributed by atoms with E-state index in [1.165, 1.54) is 0 Å². The lowest BCUT2D eigenvalue weighted by atomic mass is 10.0. The van der Waals surface area contributed by atoms with Crippen LogP contribution in [0, 0.1) is 5.92 Å². The Morgan fingerprint density at radius 3 is 2.74 bits per heavy atom. The molecule has 1 atom stereocenters. The van der Waals surface area contributed by atoms with Crippen LogP contribution in [0.5, 0.6) is 0 Å². The van der Waals surface area contributed by atoms with E-state index in [-0.39, 0.29) is 17.8 Å². The minimum Gasteiger partial charge on any atom is -0.383 e. The zero-order valence-electron chi connectivity index (χ0n) is 11.0. The van der Waals surface area contributed by atoms with Crippen molar-refractivity contribution < 1.29 is 4.79 Å². The van der Waals surface area contributed by atoms with Gasteiger partial charge in [0, 0.05) is 11.1 Å². The van der Waals surface area contributed by atoms with Gasteiger partial charge in [-0.1, -0.05) is 19.9 Å². The largest absolute Gasteiger partial charge is 0.383 e. The van der Waals surface area contributed by atoms with Crippen molar-refractivity contribution >= 4 is 23.1 Å². The minimum absolute atomic E-state index is 0.00731. The summed E-state index contributed by atoms with van der Waals surface area (Å²) in [6.45, 7) is 4.16. The van der Waals surface area contributed by atoms with Gasteiger partial charge >= 0.3 is 0 Å². The lowest BCUT2D eigenvalue weighted by Gasteiger charge is -2.21. The van der Waals surface area contributed by atoms with Crippen molar-refractivity contribution in [2.24, 2.45) is 5.92 Å². The first-order chi connectivity index (χ1) is 9.09. The number of aromatic nitrogens is 1. The molecule has 0 fully saturated rings. The summed E-state index contributed by atoms with van der Waals surface area (Å²) in [6.07, 6.45) is 1.57. The third kappa shape index (κ3) is 3.12. The van der Waals surface area contributed by atoms with Gasteiger partial charge in [0.1, 0.15) is 5.82 Å². The molecule has 4 nitrogen and oxygen atoms in total. The maximum atomic E-state index is 12.2. The average molecular weight is 275 g/mol. The van der Waals surface area contributed by atoms with E-state index in [1.807, 2.05) is 17.5 Å². The number of nitrogens with zero attached hydrogens (tertiary/aromatic N) is 1. The minimum atomic E-state index is -0.183. The first-order valence-corrected chi connectivity index (χ1v) is 7.02. The van der Waals surface area contributed by atoms with Crippen LogP contribution in [0.25, 0.3) is 0 Å². The Labute approximate surface area is 116 Å². The Hall–Kier alpha value is -1.88. The number of nitrogens with two attached hydrogens (primary N) is 1. The molecule has 0 aliphatic rings. The molecule has 100 valence electrons. The van der Waals surface area contributed by atoms with Gasteiger partial charge in [0.05, 0.1) is 11.6 Å². The van der Waals surface area contributed by atoms with E-state index in [0.717, 1.165) is 4.88 Å². The standard InChI is InChI=1S/C14H17N3OS/c1-9(2)12(11-6-4-8-19-11)17-14(18)10-5-3-7-16-13(10)15/h3-9,12H,1-2H3,(H2,15,16)(H,17,18). The molecule has 19 heavy (non-hydrogen) atoms. The smallest absolute Gasteiger partial charge is 0.255 e. The molecule has 2 heterocycles. The van der Waals surface area contributed by atoms with Crippen LogP contribution >= 0.6 is 11.3 Å². The quantitative estimate of drug-likeness (QED) is 0.901. The van der Waals surface area contributed by atoms with Gasteiger partial charge in [-0.2, -0.15) is 0 Å². The second-order valence-corrected chi connectivity index (χ2v) is 5.63. The number of carbonyl (C=O) groups is 1. The molecule has 0 aliphatic carbocycles.